The molecule has 1 fully saturated rings. The summed E-state index contributed by atoms with van der Waals surface area (Å²) in [6, 6.07) is 1.84. The van der Waals surface area contributed by atoms with Crippen molar-refractivity contribution in [1.29, 1.82) is 0 Å². The SMILES string of the molecule is CCNC(c1ccncc1F)C(CC)(CC)N1CCCC1. The van der Waals surface area contributed by atoms with Crippen molar-refractivity contribution < 1.29 is 4.39 Å². The van der Waals surface area contributed by atoms with Crippen molar-refractivity contribution in [2.75, 3.05) is 19.6 Å². The first-order chi connectivity index (χ1) is 10.2. The molecule has 0 radical (unpaired) electrons. The highest BCUT2D eigenvalue weighted by Crippen LogP contribution is 2.40. The molecule has 1 saturated heterocycles. The van der Waals surface area contributed by atoms with Gasteiger partial charge in [0, 0.05) is 17.3 Å². The number of rotatable bonds is 7. The Hall–Kier alpha value is -1.00. The standard InChI is InChI=1S/C17H28FN3/c1-4-17(5-2,21-11-7-8-12-21)16(20-6-3)14-9-10-19-13-15(14)18/h9-10,13,16,20H,4-8,11-12H2,1-3H3. The second-order valence-electron chi connectivity index (χ2n) is 5.89. The zero-order valence-electron chi connectivity index (χ0n) is 13.5. The van der Waals surface area contributed by atoms with Crippen LogP contribution >= 0.6 is 0 Å². The lowest BCUT2D eigenvalue weighted by Crippen LogP contribution is -2.55. The van der Waals surface area contributed by atoms with Gasteiger partial charge in [0.2, 0.25) is 0 Å². The molecule has 0 amide bonds. The number of hydrogen-bond donors (Lipinski definition) is 1. The molecule has 1 unspecified atom stereocenters. The van der Waals surface area contributed by atoms with Crippen molar-refractivity contribution in [3.8, 4) is 0 Å². The topological polar surface area (TPSA) is 28.2 Å². The lowest BCUT2D eigenvalue weighted by Gasteiger charge is -2.47. The lowest BCUT2D eigenvalue weighted by atomic mass is 9.79. The van der Waals surface area contributed by atoms with Gasteiger partial charge >= 0.3 is 0 Å². The number of pyridine rings is 1. The van der Waals surface area contributed by atoms with E-state index < -0.39 is 0 Å². The highest BCUT2D eigenvalue weighted by molar-refractivity contribution is 5.23. The Bertz CT molecular complexity index is 439. The van der Waals surface area contributed by atoms with Crippen molar-refractivity contribution in [2.24, 2.45) is 0 Å². The first kappa shape index (κ1) is 16.4. The van der Waals surface area contributed by atoms with Gasteiger partial charge < -0.3 is 5.32 Å². The minimum Gasteiger partial charge on any atom is -0.309 e. The quantitative estimate of drug-likeness (QED) is 0.833. The Balaban J connectivity index is 2.43. The Morgan fingerprint density at radius 3 is 2.48 bits per heavy atom. The number of nitrogens with zero attached hydrogens (tertiary/aromatic N) is 2. The normalized spacial score (nSPS) is 18.1. The monoisotopic (exact) mass is 293 g/mol. The molecule has 4 heteroatoms. The maximum atomic E-state index is 14.3. The molecule has 118 valence electrons. The highest BCUT2D eigenvalue weighted by atomic mass is 19.1. The van der Waals surface area contributed by atoms with Gasteiger partial charge in [0.05, 0.1) is 12.2 Å². The minimum absolute atomic E-state index is 0.0126. The van der Waals surface area contributed by atoms with E-state index in [4.69, 9.17) is 0 Å². The van der Waals surface area contributed by atoms with Gasteiger partial charge in [-0.05, 0) is 51.4 Å². The third kappa shape index (κ3) is 3.11. The van der Waals surface area contributed by atoms with Gasteiger partial charge in [-0.3, -0.25) is 9.88 Å². The fourth-order valence-electron chi connectivity index (χ4n) is 3.86. The summed E-state index contributed by atoms with van der Waals surface area (Å²) in [4.78, 5) is 6.47. The van der Waals surface area contributed by atoms with E-state index in [0.717, 1.165) is 38.0 Å². The van der Waals surface area contributed by atoms with Crippen LogP contribution in [0.25, 0.3) is 0 Å². The van der Waals surface area contributed by atoms with Gasteiger partial charge in [-0.1, -0.05) is 20.8 Å². The summed E-state index contributed by atoms with van der Waals surface area (Å²) < 4.78 is 14.3. The van der Waals surface area contributed by atoms with E-state index in [-0.39, 0.29) is 17.4 Å². The van der Waals surface area contributed by atoms with E-state index in [1.54, 1.807) is 6.20 Å². The Morgan fingerprint density at radius 2 is 1.95 bits per heavy atom. The third-order valence-electron chi connectivity index (χ3n) is 5.02. The average Bonchev–Trinajstić information content (AvgIpc) is 3.04. The maximum Gasteiger partial charge on any atom is 0.146 e. The van der Waals surface area contributed by atoms with Gasteiger partial charge in [-0.15, -0.1) is 0 Å². The highest BCUT2D eigenvalue weighted by Gasteiger charge is 2.43. The smallest absolute Gasteiger partial charge is 0.146 e. The van der Waals surface area contributed by atoms with Crippen LogP contribution < -0.4 is 5.32 Å². The van der Waals surface area contributed by atoms with E-state index in [9.17, 15) is 4.39 Å². The van der Waals surface area contributed by atoms with Crippen LogP contribution in [0, 0.1) is 5.82 Å². The van der Waals surface area contributed by atoms with Crippen molar-refractivity contribution in [2.45, 2.75) is 58.0 Å². The Labute approximate surface area is 127 Å². The summed E-state index contributed by atoms with van der Waals surface area (Å²) in [5.74, 6) is -0.200. The van der Waals surface area contributed by atoms with Gasteiger partial charge in [0.15, 0.2) is 0 Å². The van der Waals surface area contributed by atoms with E-state index >= 15 is 0 Å². The van der Waals surface area contributed by atoms with E-state index in [1.807, 2.05) is 6.07 Å². The molecule has 0 saturated carbocycles. The average molecular weight is 293 g/mol. The van der Waals surface area contributed by atoms with E-state index in [1.165, 1.54) is 19.0 Å². The molecule has 0 bridgehead atoms. The molecule has 1 aromatic heterocycles. The lowest BCUT2D eigenvalue weighted by molar-refractivity contribution is 0.0608. The molecule has 3 nitrogen and oxygen atoms in total. The summed E-state index contributed by atoms with van der Waals surface area (Å²) in [6.45, 7) is 9.62. The predicted octanol–water partition coefficient (Wildman–Crippen LogP) is 3.53. The van der Waals surface area contributed by atoms with Crippen LogP contribution in [0.4, 0.5) is 4.39 Å². The van der Waals surface area contributed by atoms with Crippen molar-refractivity contribution in [3.05, 3.63) is 29.8 Å². The number of aromatic nitrogens is 1. The molecular formula is C17H28FN3. The maximum absolute atomic E-state index is 14.3. The van der Waals surface area contributed by atoms with Gasteiger partial charge in [-0.25, -0.2) is 4.39 Å². The Morgan fingerprint density at radius 1 is 1.29 bits per heavy atom. The zero-order valence-corrected chi connectivity index (χ0v) is 13.5. The summed E-state index contributed by atoms with van der Waals surface area (Å²) >= 11 is 0. The van der Waals surface area contributed by atoms with Crippen molar-refractivity contribution in [3.63, 3.8) is 0 Å². The molecular weight excluding hydrogens is 265 g/mol. The molecule has 0 aromatic carbocycles. The number of likely N-dealkylation sites (N-methyl/N-ethyl adjacent to an activating group) is 1. The second-order valence-corrected chi connectivity index (χ2v) is 5.89. The fourth-order valence-corrected chi connectivity index (χ4v) is 3.86. The molecule has 1 atom stereocenters. The second kappa shape index (κ2) is 7.32. The minimum atomic E-state index is -0.200. The molecule has 1 aliphatic heterocycles. The molecule has 1 N–H and O–H groups in total. The first-order valence-electron chi connectivity index (χ1n) is 8.27. The van der Waals surface area contributed by atoms with Gasteiger partial charge in [0.25, 0.3) is 0 Å². The summed E-state index contributed by atoms with van der Waals surface area (Å²) in [5.41, 5.74) is 0.733. The number of hydrogen-bond acceptors (Lipinski definition) is 3. The summed E-state index contributed by atoms with van der Waals surface area (Å²) in [7, 11) is 0. The van der Waals surface area contributed by atoms with Gasteiger partial charge in [0.1, 0.15) is 5.82 Å². The molecule has 2 heterocycles. The van der Waals surface area contributed by atoms with Crippen LogP contribution in [-0.4, -0.2) is 35.1 Å². The zero-order chi connectivity index (χ0) is 15.3. The van der Waals surface area contributed by atoms with Crippen LogP contribution in [0.5, 0.6) is 0 Å². The molecule has 0 spiro atoms. The van der Waals surface area contributed by atoms with Gasteiger partial charge in [-0.2, -0.15) is 0 Å². The van der Waals surface area contributed by atoms with Crippen LogP contribution in [0.1, 0.15) is 58.1 Å². The van der Waals surface area contributed by atoms with Crippen LogP contribution in [-0.2, 0) is 0 Å². The van der Waals surface area contributed by atoms with Crippen LogP contribution in [0.15, 0.2) is 18.5 Å². The van der Waals surface area contributed by atoms with E-state index in [2.05, 4.69) is 36.0 Å². The first-order valence-corrected chi connectivity index (χ1v) is 8.27. The molecule has 1 aromatic rings. The third-order valence-corrected chi connectivity index (χ3v) is 5.02. The fraction of sp³-hybridized carbons (Fsp3) is 0.706. The number of nitrogens with one attached hydrogen (secondary N) is 1. The molecule has 2 rings (SSSR count). The largest absolute Gasteiger partial charge is 0.309 e. The van der Waals surface area contributed by atoms with Crippen molar-refractivity contribution in [1.82, 2.24) is 15.2 Å². The predicted molar refractivity (Wildman–Crippen MR) is 84.7 cm³/mol. The number of likely N-dealkylation sites (tertiary alicyclic amines) is 1. The molecule has 21 heavy (non-hydrogen) atoms. The molecule has 1 aliphatic rings. The molecule has 0 aliphatic carbocycles. The van der Waals surface area contributed by atoms with Crippen LogP contribution in [0.3, 0.4) is 0 Å². The van der Waals surface area contributed by atoms with E-state index in [0.29, 0.717) is 0 Å². The van der Waals surface area contributed by atoms with Crippen LogP contribution in [0.2, 0.25) is 0 Å². The summed E-state index contributed by atoms with van der Waals surface area (Å²) in [6.07, 6.45) is 7.56. The van der Waals surface area contributed by atoms with Crippen molar-refractivity contribution >= 4 is 0 Å². The summed E-state index contributed by atoms with van der Waals surface area (Å²) in [5, 5.41) is 3.55. The Kier molecular flexibility index (Phi) is 5.71. The number of halogens is 1.